The minimum Gasteiger partial charge on any atom is -0.310 e. The molecule has 0 unspecified atom stereocenters. The van der Waals surface area contributed by atoms with Crippen LogP contribution in [0.25, 0.3) is 0 Å². The first kappa shape index (κ1) is 12.5. The average molecular weight is 314 g/mol. The van der Waals surface area contributed by atoms with Gasteiger partial charge in [0.2, 0.25) is 0 Å². The minimum absolute atomic E-state index is 0.0436. The lowest BCUT2D eigenvalue weighted by molar-refractivity contribution is 0.579. The maximum absolute atomic E-state index is 11.6. The van der Waals surface area contributed by atoms with Gasteiger partial charge in [0.15, 0.2) is 0 Å². The number of halogens is 1. The third kappa shape index (κ3) is 3.49. The van der Waals surface area contributed by atoms with E-state index in [4.69, 9.17) is 0 Å². The van der Waals surface area contributed by atoms with Crippen molar-refractivity contribution in [2.75, 3.05) is 6.54 Å². The van der Waals surface area contributed by atoms with Crippen LogP contribution in [0.4, 0.5) is 0 Å². The molecule has 0 aliphatic rings. The number of rotatable bonds is 5. The van der Waals surface area contributed by atoms with E-state index in [1.807, 2.05) is 6.07 Å². The van der Waals surface area contributed by atoms with E-state index in [0.717, 1.165) is 13.1 Å². The van der Waals surface area contributed by atoms with Crippen LogP contribution in [0.3, 0.4) is 0 Å². The predicted molar refractivity (Wildman–Crippen MR) is 72.2 cm³/mol. The number of nitrogens with zero attached hydrogens (tertiary/aromatic N) is 2. The molecule has 2 rings (SSSR count). The van der Waals surface area contributed by atoms with E-state index in [1.165, 1.54) is 11.1 Å². The first-order valence-electron chi connectivity index (χ1n) is 5.20. The van der Waals surface area contributed by atoms with Crippen LogP contribution < -0.4 is 10.9 Å². The SMILES string of the molecule is O=c1c(Br)cncn1CCNCc1cccs1. The highest BCUT2D eigenvalue weighted by Gasteiger charge is 2.00. The largest absolute Gasteiger partial charge is 0.310 e. The van der Waals surface area contributed by atoms with Crippen molar-refractivity contribution in [3.63, 3.8) is 0 Å². The van der Waals surface area contributed by atoms with Gasteiger partial charge >= 0.3 is 0 Å². The highest BCUT2D eigenvalue weighted by Crippen LogP contribution is 2.06. The summed E-state index contributed by atoms with van der Waals surface area (Å²) in [6, 6.07) is 4.12. The molecule has 17 heavy (non-hydrogen) atoms. The van der Waals surface area contributed by atoms with E-state index in [9.17, 15) is 4.79 Å². The van der Waals surface area contributed by atoms with Gasteiger partial charge in [0.05, 0.1) is 6.33 Å². The lowest BCUT2D eigenvalue weighted by Crippen LogP contribution is -2.27. The number of thiophene rings is 1. The Bertz CT molecular complexity index is 524. The highest BCUT2D eigenvalue weighted by molar-refractivity contribution is 9.10. The molecular weight excluding hydrogens is 302 g/mol. The summed E-state index contributed by atoms with van der Waals surface area (Å²) in [5.41, 5.74) is -0.0436. The Kier molecular flexibility index (Phi) is 4.47. The van der Waals surface area contributed by atoms with Crippen LogP contribution in [0.15, 0.2) is 39.3 Å². The first-order valence-corrected chi connectivity index (χ1v) is 6.87. The van der Waals surface area contributed by atoms with Crippen LogP contribution in [0.5, 0.6) is 0 Å². The summed E-state index contributed by atoms with van der Waals surface area (Å²) in [5.74, 6) is 0. The van der Waals surface area contributed by atoms with E-state index in [2.05, 4.69) is 37.7 Å². The fourth-order valence-electron chi connectivity index (χ4n) is 1.41. The highest BCUT2D eigenvalue weighted by atomic mass is 79.9. The van der Waals surface area contributed by atoms with Crippen LogP contribution in [-0.2, 0) is 13.1 Å². The summed E-state index contributed by atoms with van der Waals surface area (Å²) in [6.45, 7) is 2.21. The quantitative estimate of drug-likeness (QED) is 0.857. The van der Waals surface area contributed by atoms with Crippen molar-refractivity contribution in [2.24, 2.45) is 0 Å². The van der Waals surface area contributed by atoms with Gasteiger partial charge in [-0.05, 0) is 27.4 Å². The Balaban J connectivity index is 1.82. The molecule has 0 saturated heterocycles. The van der Waals surface area contributed by atoms with Gasteiger partial charge in [-0.25, -0.2) is 4.98 Å². The second kappa shape index (κ2) is 6.09. The van der Waals surface area contributed by atoms with E-state index in [-0.39, 0.29) is 5.56 Å². The fourth-order valence-corrected chi connectivity index (χ4v) is 2.43. The standard InChI is InChI=1S/C11H12BrN3OS/c12-10-7-14-8-15(11(10)16)4-3-13-6-9-2-1-5-17-9/h1-2,5,7-8,13H,3-4,6H2. The van der Waals surface area contributed by atoms with Gasteiger partial charge in [-0.15, -0.1) is 11.3 Å². The second-order valence-electron chi connectivity index (χ2n) is 3.50. The molecule has 2 aromatic heterocycles. The van der Waals surface area contributed by atoms with E-state index in [1.54, 1.807) is 22.2 Å². The molecule has 0 bridgehead atoms. The molecule has 2 aromatic rings. The summed E-state index contributed by atoms with van der Waals surface area (Å²) in [4.78, 5) is 16.9. The van der Waals surface area contributed by atoms with Gasteiger partial charge in [-0.2, -0.15) is 0 Å². The van der Waals surface area contributed by atoms with Crippen LogP contribution in [0.1, 0.15) is 4.88 Å². The summed E-state index contributed by atoms with van der Waals surface area (Å²) in [6.07, 6.45) is 3.07. The number of aromatic nitrogens is 2. The lowest BCUT2D eigenvalue weighted by Gasteiger charge is -2.06. The molecule has 0 atom stereocenters. The third-order valence-electron chi connectivity index (χ3n) is 2.27. The molecule has 4 nitrogen and oxygen atoms in total. The van der Waals surface area contributed by atoms with Gasteiger partial charge < -0.3 is 5.32 Å². The zero-order valence-electron chi connectivity index (χ0n) is 9.10. The van der Waals surface area contributed by atoms with Gasteiger partial charge in [0.1, 0.15) is 4.47 Å². The molecule has 90 valence electrons. The van der Waals surface area contributed by atoms with Crippen LogP contribution in [0.2, 0.25) is 0 Å². The number of nitrogens with one attached hydrogen (secondary N) is 1. The summed E-state index contributed by atoms with van der Waals surface area (Å²) in [7, 11) is 0. The predicted octanol–water partition coefficient (Wildman–Crippen LogP) is 1.86. The summed E-state index contributed by atoms with van der Waals surface area (Å²) >= 11 is 4.90. The van der Waals surface area contributed by atoms with Crippen molar-refractivity contribution in [1.82, 2.24) is 14.9 Å². The summed E-state index contributed by atoms with van der Waals surface area (Å²) in [5, 5.41) is 5.35. The average Bonchev–Trinajstić information content (AvgIpc) is 2.83. The minimum atomic E-state index is -0.0436. The Morgan fingerprint density at radius 1 is 1.53 bits per heavy atom. The maximum Gasteiger partial charge on any atom is 0.267 e. The molecule has 0 aliphatic heterocycles. The zero-order valence-corrected chi connectivity index (χ0v) is 11.5. The smallest absolute Gasteiger partial charge is 0.267 e. The molecular formula is C11H12BrN3OS. The molecule has 0 aliphatic carbocycles. The molecule has 0 amide bonds. The van der Waals surface area contributed by atoms with Crippen molar-refractivity contribution in [2.45, 2.75) is 13.1 Å². The Labute approximate surface area is 111 Å². The van der Waals surface area contributed by atoms with Gasteiger partial charge in [0, 0.05) is 30.7 Å². The normalized spacial score (nSPS) is 10.6. The summed E-state index contributed by atoms with van der Waals surface area (Å²) < 4.78 is 2.09. The molecule has 0 fully saturated rings. The van der Waals surface area contributed by atoms with Crippen LogP contribution in [0, 0.1) is 0 Å². The first-order chi connectivity index (χ1) is 8.27. The molecule has 1 N–H and O–H groups in total. The van der Waals surface area contributed by atoms with Gasteiger partial charge in [-0.1, -0.05) is 6.07 Å². The molecule has 2 heterocycles. The number of hydrogen-bond donors (Lipinski definition) is 1. The zero-order chi connectivity index (χ0) is 12.1. The Morgan fingerprint density at radius 2 is 2.41 bits per heavy atom. The van der Waals surface area contributed by atoms with E-state index in [0.29, 0.717) is 11.0 Å². The van der Waals surface area contributed by atoms with E-state index >= 15 is 0 Å². The van der Waals surface area contributed by atoms with Gasteiger partial charge in [0.25, 0.3) is 5.56 Å². The van der Waals surface area contributed by atoms with Crippen molar-refractivity contribution < 1.29 is 0 Å². The Morgan fingerprint density at radius 3 is 3.18 bits per heavy atom. The topological polar surface area (TPSA) is 46.9 Å². The Hall–Kier alpha value is -0.980. The van der Waals surface area contributed by atoms with Gasteiger partial charge in [-0.3, -0.25) is 9.36 Å². The third-order valence-corrected chi connectivity index (χ3v) is 3.69. The molecule has 0 saturated carbocycles. The lowest BCUT2D eigenvalue weighted by atomic mass is 10.4. The molecule has 0 aromatic carbocycles. The molecule has 0 spiro atoms. The van der Waals surface area contributed by atoms with Crippen molar-refractivity contribution in [3.8, 4) is 0 Å². The van der Waals surface area contributed by atoms with Crippen LogP contribution >= 0.6 is 27.3 Å². The maximum atomic E-state index is 11.6. The van der Waals surface area contributed by atoms with Crippen molar-refractivity contribution in [3.05, 3.63) is 49.7 Å². The van der Waals surface area contributed by atoms with Crippen molar-refractivity contribution in [1.29, 1.82) is 0 Å². The monoisotopic (exact) mass is 313 g/mol. The van der Waals surface area contributed by atoms with Crippen molar-refractivity contribution >= 4 is 27.3 Å². The molecule has 0 radical (unpaired) electrons. The number of hydrogen-bond acceptors (Lipinski definition) is 4. The second-order valence-corrected chi connectivity index (χ2v) is 5.38. The van der Waals surface area contributed by atoms with E-state index < -0.39 is 0 Å². The van der Waals surface area contributed by atoms with Crippen LogP contribution in [-0.4, -0.2) is 16.1 Å². The fraction of sp³-hybridized carbons (Fsp3) is 0.273. The molecule has 6 heteroatoms.